The van der Waals surface area contributed by atoms with Crippen molar-refractivity contribution in [1.29, 1.82) is 0 Å². The Morgan fingerprint density at radius 3 is 2.54 bits per heavy atom. The Labute approximate surface area is 317 Å². The van der Waals surface area contributed by atoms with E-state index in [-0.39, 0.29) is 23.9 Å². The summed E-state index contributed by atoms with van der Waals surface area (Å²) < 4.78 is 11.0. The molecule has 1 aliphatic carbocycles. The molecule has 14 heteroatoms. The van der Waals surface area contributed by atoms with Crippen LogP contribution in [0, 0.1) is 12.8 Å². The number of carbonyl (C=O) groups is 3. The molecule has 282 valence electrons. The van der Waals surface area contributed by atoms with E-state index < -0.39 is 11.9 Å². The number of hydrogen-bond donors (Lipinski definition) is 2. The maximum atomic E-state index is 13.4. The normalized spacial score (nSPS) is 21.4. The van der Waals surface area contributed by atoms with E-state index in [1.807, 2.05) is 24.3 Å². The summed E-state index contributed by atoms with van der Waals surface area (Å²) in [5.41, 5.74) is 4.99. The highest BCUT2D eigenvalue weighted by molar-refractivity contribution is 6.31. The summed E-state index contributed by atoms with van der Waals surface area (Å²) in [6.45, 7) is 4.87. The fraction of sp³-hybridized carbons (Fsp3) is 0.450. The van der Waals surface area contributed by atoms with Gasteiger partial charge in [-0.15, -0.1) is 0 Å². The standard InChI is InChI=1S/C40H45ClN8O5/c1-23-30(41)17-26(20-42-23)38(51)43-32-18-27-22-48(45-31(27)19-35(32)54-3)28-9-7-24(8-10-28)21-47-15-13-25(14-16-47)29-5-4-6-33-37(29)46(2)40(53)49(33)34-11-12-36(50)44-39(34)52/h4-6,17-20,22,24-25,28,34H,7-16,21H2,1-3H3,(H,43,51)(H,44,50,52). The lowest BCUT2D eigenvalue weighted by Crippen LogP contribution is -2.44. The van der Waals surface area contributed by atoms with Crippen LogP contribution in [0.1, 0.15) is 91.0 Å². The number of imidazole rings is 1. The molecule has 2 saturated heterocycles. The van der Waals surface area contributed by atoms with Crippen LogP contribution in [-0.2, 0) is 16.6 Å². The minimum absolute atomic E-state index is 0.223. The number of nitrogens with one attached hydrogen (secondary N) is 2. The van der Waals surface area contributed by atoms with Crippen molar-refractivity contribution in [3.05, 3.63) is 81.1 Å². The number of fused-ring (bicyclic) bond motifs is 2. The molecular formula is C40H45ClN8O5. The van der Waals surface area contributed by atoms with Gasteiger partial charge in [0.25, 0.3) is 5.91 Å². The number of rotatable bonds is 8. The Balaban J connectivity index is 0.879. The van der Waals surface area contributed by atoms with E-state index in [1.54, 1.807) is 36.3 Å². The summed E-state index contributed by atoms with van der Waals surface area (Å²) in [6, 6.07) is 11.0. The number of likely N-dealkylation sites (tertiary alicyclic amines) is 1. The Bertz CT molecular complexity index is 2330. The number of benzene rings is 2. The lowest BCUT2D eigenvalue weighted by Gasteiger charge is -2.37. The zero-order valence-electron chi connectivity index (χ0n) is 30.8. The maximum Gasteiger partial charge on any atom is 0.329 e. The summed E-state index contributed by atoms with van der Waals surface area (Å²) in [7, 11) is 3.36. The summed E-state index contributed by atoms with van der Waals surface area (Å²) >= 11 is 6.20. The molecule has 0 radical (unpaired) electrons. The van der Waals surface area contributed by atoms with Gasteiger partial charge < -0.3 is 15.0 Å². The van der Waals surface area contributed by atoms with E-state index in [4.69, 9.17) is 21.4 Å². The Hall–Kier alpha value is -5.01. The number of amides is 3. The van der Waals surface area contributed by atoms with Crippen molar-refractivity contribution < 1.29 is 19.1 Å². The number of carbonyl (C=O) groups excluding carboxylic acids is 3. The first kappa shape index (κ1) is 36.0. The fourth-order valence-corrected chi connectivity index (χ4v) is 8.93. The number of piperidine rings is 2. The third kappa shape index (κ3) is 6.79. The topological polar surface area (TPSA) is 145 Å². The molecule has 3 aromatic heterocycles. The molecule has 13 nitrogen and oxygen atoms in total. The highest BCUT2D eigenvalue weighted by Gasteiger charge is 2.33. The van der Waals surface area contributed by atoms with Crippen molar-refractivity contribution in [2.75, 3.05) is 32.1 Å². The lowest BCUT2D eigenvalue weighted by molar-refractivity contribution is -0.135. The minimum atomic E-state index is -0.683. The zero-order chi connectivity index (χ0) is 37.7. The number of aromatic nitrogens is 5. The molecule has 1 atom stereocenters. The molecule has 2 aliphatic heterocycles. The number of ether oxygens (including phenoxy) is 1. The first-order chi connectivity index (χ1) is 26.1. The predicted molar refractivity (Wildman–Crippen MR) is 206 cm³/mol. The third-order valence-electron chi connectivity index (χ3n) is 11.8. The molecule has 0 spiro atoms. The van der Waals surface area contributed by atoms with Gasteiger partial charge in [-0.1, -0.05) is 23.7 Å². The van der Waals surface area contributed by atoms with Gasteiger partial charge in [-0.05, 0) is 101 Å². The molecule has 5 aromatic rings. The highest BCUT2D eigenvalue weighted by atomic mass is 35.5. The summed E-state index contributed by atoms with van der Waals surface area (Å²) in [6.07, 6.45) is 10.5. The summed E-state index contributed by atoms with van der Waals surface area (Å²) in [5, 5.41) is 11.6. The van der Waals surface area contributed by atoms with Crippen LogP contribution >= 0.6 is 11.6 Å². The predicted octanol–water partition coefficient (Wildman–Crippen LogP) is 5.90. The van der Waals surface area contributed by atoms with E-state index in [1.165, 1.54) is 6.20 Å². The van der Waals surface area contributed by atoms with Gasteiger partial charge in [-0.25, -0.2) is 4.79 Å². The van der Waals surface area contributed by atoms with Crippen molar-refractivity contribution in [2.24, 2.45) is 13.0 Å². The number of hydrogen-bond acceptors (Lipinski definition) is 8. The highest BCUT2D eigenvalue weighted by Crippen LogP contribution is 2.38. The van der Waals surface area contributed by atoms with Crippen molar-refractivity contribution in [1.82, 2.24) is 34.1 Å². The van der Waals surface area contributed by atoms with Crippen molar-refractivity contribution in [2.45, 2.75) is 76.3 Å². The van der Waals surface area contributed by atoms with Gasteiger partial charge in [0.05, 0.1) is 51.7 Å². The number of aryl methyl sites for hydroxylation is 2. The number of methoxy groups -OCH3 is 1. The quantitative estimate of drug-likeness (QED) is 0.187. The molecule has 5 heterocycles. The molecule has 2 aromatic carbocycles. The molecule has 3 amide bonds. The number of para-hydroxylation sites is 1. The smallest absolute Gasteiger partial charge is 0.329 e. The van der Waals surface area contributed by atoms with Crippen molar-refractivity contribution >= 4 is 56.9 Å². The van der Waals surface area contributed by atoms with Gasteiger partial charge in [0, 0.05) is 43.9 Å². The van der Waals surface area contributed by atoms with E-state index >= 15 is 0 Å². The van der Waals surface area contributed by atoms with Crippen molar-refractivity contribution in [3.8, 4) is 5.75 Å². The minimum Gasteiger partial charge on any atom is -0.494 e. The van der Waals surface area contributed by atoms with Crippen LogP contribution in [0.15, 0.2) is 53.6 Å². The SMILES string of the molecule is COc1cc2nn(C3CCC(CN4CCC(c5cccc6c5n(C)c(=O)n6C5CCC(=O)NC5=O)CC4)CC3)cc2cc1NC(=O)c1cnc(C)c(Cl)c1. The van der Waals surface area contributed by atoms with E-state index in [0.29, 0.717) is 52.0 Å². The van der Waals surface area contributed by atoms with E-state index in [9.17, 15) is 19.2 Å². The number of imide groups is 1. The largest absolute Gasteiger partial charge is 0.494 e. The van der Waals surface area contributed by atoms with Gasteiger partial charge in [-0.3, -0.25) is 38.5 Å². The summed E-state index contributed by atoms with van der Waals surface area (Å²) in [5.74, 6) is 0.465. The van der Waals surface area contributed by atoms with Crippen molar-refractivity contribution in [3.63, 3.8) is 0 Å². The second kappa shape index (κ2) is 14.7. The second-order valence-electron chi connectivity index (χ2n) is 15.1. The Morgan fingerprint density at radius 2 is 1.81 bits per heavy atom. The van der Waals surface area contributed by atoms with Crippen LogP contribution < -0.4 is 21.1 Å². The van der Waals surface area contributed by atoms with Crippen LogP contribution in [0.3, 0.4) is 0 Å². The summed E-state index contributed by atoms with van der Waals surface area (Å²) in [4.78, 5) is 57.7. The molecule has 3 aliphatic rings. The Morgan fingerprint density at radius 1 is 1.04 bits per heavy atom. The average Bonchev–Trinajstić information content (AvgIpc) is 3.70. The number of anilines is 1. The lowest BCUT2D eigenvalue weighted by atomic mass is 9.84. The molecule has 1 saturated carbocycles. The van der Waals surface area contributed by atoms with Crippen LogP contribution in [0.5, 0.6) is 5.75 Å². The Kier molecular flexibility index (Phi) is 9.78. The van der Waals surface area contributed by atoms with Gasteiger partial charge >= 0.3 is 5.69 Å². The van der Waals surface area contributed by atoms with E-state index in [2.05, 4.69) is 37.5 Å². The van der Waals surface area contributed by atoms with Gasteiger partial charge in [-0.2, -0.15) is 5.10 Å². The average molecular weight is 753 g/mol. The molecular weight excluding hydrogens is 708 g/mol. The molecule has 8 rings (SSSR count). The molecule has 0 bridgehead atoms. The number of halogens is 1. The number of pyridine rings is 1. The maximum absolute atomic E-state index is 13.4. The van der Waals surface area contributed by atoms with E-state index in [0.717, 1.165) is 85.7 Å². The molecule has 3 fully saturated rings. The number of nitrogens with zero attached hydrogens (tertiary/aromatic N) is 6. The third-order valence-corrected chi connectivity index (χ3v) is 12.2. The van der Waals surface area contributed by atoms with Gasteiger partial charge in [0.1, 0.15) is 11.8 Å². The zero-order valence-corrected chi connectivity index (χ0v) is 31.6. The molecule has 1 unspecified atom stereocenters. The van der Waals surface area contributed by atoms with Crippen LogP contribution in [-0.4, -0.2) is 73.3 Å². The van der Waals surface area contributed by atoms with Gasteiger partial charge in [0.2, 0.25) is 11.8 Å². The first-order valence-electron chi connectivity index (χ1n) is 18.8. The molecule has 54 heavy (non-hydrogen) atoms. The van der Waals surface area contributed by atoms with Crippen LogP contribution in [0.4, 0.5) is 5.69 Å². The second-order valence-corrected chi connectivity index (χ2v) is 15.5. The van der Waals surface area contributed by atoms with Crippen LogP contribution in [0.25, 0.3) is 21.9 Å². The monoisotopic (exact) mass is 752 g/mol. The molecule has 2 N–H and O–H groups in total. The van der Waals surface area contributed by atoms with Crippen LogP contribution in [0.2, 0.25) is 5.02 Å². The first-order valence-corrected chi connectivity index (χ1v) is 19.2. The van der Waals surface area contributed by atoms with Gasteiger partial charge in [0.15, 0.2) is 0 Å². The fourth-order valence-electron chi connectivity index (χ4n) is 8.76.